The fraction of sp³-hybridized carbons (Fsp3) is 0.448. The predicted molar refractivity (Wildman–Crippen MR) is 144 cm³/mol. The first-order chi connectivity index (χ1) is 18.3. The van der Waals surface area contributed by atoms with E-state index in [0.29, 0.717) is 31.0 Å². The van der Waals surface area contributed by atoms with Crippen molar-refractivity contribution in [2.24, 2.45) is 5.92 Å². The molecule has 2 aromatic carbocycles. The van der Waals surface area contributed by atoms with Crippen LogP contribution >= 0.6 is 0 Å². The molecule has 0 amide bonds. The molecule has 3 heterocycles. The maximum absolute atomic E-state index is 13.5. The molecule has 1 N–H and O–H groups in total. The van der Waals surface area contributed by atoms with Crippen LogP contribution in [0.25, 0.3) is 10.9 Å². The highest BCUT2D eigenvalue weighted by molar-refractivity contribution is 5.83. The van der Waals surface area contributed by atoms with Gasteiger partial charge in [0.25, 0.3) is 5.56 Å². The van der Waals surface area contributed by atoms with Gasteiger partial charge in [-0.2, -0.15) is 0 Å². The molecule has 2 aromatic heterocycles. The van der Waals surface area contributed by atoms with Crippen LogP contribution in [-0.2, 0) is 17.8 Å². The molecule has 0 unspecified atom stereocenters. The second-order valence-corrected chi connectivity index (χ2v) is 10.7. The monoisotopic (exact) mass is 518 g/mol. The van der Waals surface area contributed by atoms with Gasteiger partial charge in [-0.1, -0.05) is 38.1 Å². The van der Waals surface area contributed by atoms with Gasteiger partial charge >= 0.3 is 0 Å². The van der Waals surface area contributed by atoms with Crippen molar-refractivity contribution in [3.8, 4) is 0 Å². The van der Waals surface area contributed by atoms with E-state index in [1.54, 1.807) is 16.8 Å². The maximum Gasteiger partial charge on any atom is 0.252 e. The average molecular weight is 519 g/mol. The Morgan fingerprint density at radius 3 is 2.68 bits per heavy atom. The fourth-order valence-electron chi connectivity index (χ4n) is 5.41. The number of ether oxygens (including phenoxy) is 1. The SMILES string of the molecule is Cc1ccc2cc(CN(C[C@H]3CCCO3)[C@H](c3nnnn3Cc3ccc(F)cc3)C(C)C)c(=O)[nH]c2c1C. The molecule has 1 fully saturated rings. The zero-order valence-corrected chi connectivity index (χ0v) is 22.4. The second-order valence-electron chi connectivity index (χ2n) is 10.7. The zero-order valence-electron chi connectivity index (χ0n) is 22.4. The molecule has 200 valence electrons. The first kappa shape index (κ1) is 26.2. The molecule has 8 nitrogen and oxygen atoms in total. The molecule has 1 aliphatic rings. The average Bonchev–Trinajstić information content (AvgIpc) is 3.56. The smallest absolute Gasteiger partial charge is 0.252 e. The Bertz CT molecular complexity index is 1460. The Kier molecular flexibility index (Phi) is 7.67. The Balaban J connectivity index is 1.51. The number of rotatable bonds is 9. The third kappa shape index (κ3) is 5.54. The van der Waals surface area contributed by atoms with Crippen molar-refractivity contribution in [3.05, 3.63) is 86.7 Å². The highest BCUT2D eigenvalue weighted by atomic mass is 19.1. The van der Waals surface area contributed by atoms with Gasteiger partial charge in [0.2, 0.25) is 0 Å². The number of aromatic amines is 1. The minimum atomic E-state index is -0.278. The van der Waals surface area contributed by atoms with Crippen molar-refractivity contribution in [2.45, 2.75) is 65.8 Å². The van der Waals surface area contributed by atoms with Gasteiger partial charge < -0.3 is 9.72 Å². The Hall–Kier alpha value is -3.43. The summed E-state index contributed by atoms with van der Waals surface area (Å²) in [5.41, 5.74) is 4.63. The van der Waals surface area contributed by atoms with E-state index in [1.165, 1.54) is 12.1 Å². The van der Waals surface area contributed by atoms with E-state index >= 15 is 0 Å². The molecule has 1 saturated heterocycles. The van der Waals surface area contributed by atoms with Gasteiger partial charge in [0.15, 0.2) is 5.82 Å². The number of hydrogen-bond donors (Lipinski definition) is 1. The van der Waals surface area contributed by atoms with Gasteiger partial charge in [0, 0.05) is 25.3 Å². The quantitative estimate of drug-likeness (QED) is 0.346. The van der Waals surface area contributed by atoms with Crippen LogP contribution in [0.4, 0.5) is 4.39 Å². The molecule has 0 saturated carbocycles. The van der Waals surface area contributed by atoms with Crippen LogP contribution in [0, 0.1) is 25.6 Å². The van der Waals surface area contributed by atoms with Gasteiger partial charge in [0.05, 0.1) is 24.2 Å². The first-order valence-electron chi connectivity index (χ1n) is 13.3. The van der Waals surface area contributed by atoms with Crippen molar-refractivity contribution in [3.63, 3.8) is 0 Å². The molecule has 1 aliphatic heterocycles. The summed E-state index contributed by atoms with van der Waals surface area (Å²) in [6.07, 6.45) is 2.10. The maximum atomic E-state index is 13.5. The second kappa shape index (κ2) is 11.1. The van der Waals surface area contributed by atoms with Crippen LogP contribution in [0.15, 0.2) is 47.3 Å². The van der Waals surface area contributed by atoms with Gasteiger partial charge in [0.1, 0.15) is 5.82 Å². The summed E-state index contributed by atoms with van der Waals surface area (Å²) in [5, 5.41) is 13.7. The number of aryl methyl sites for hydroxylation is 2. The minimum Gasteiger partial charge on any atom is -0.377 e. The molecule has 2 atom stereocenters. The fourth-order valence-corrected chi connectivity index (χ4v) is 5.41. The van der Waals surface area contributed by atoms with Crippen LogP contribution in [0.5, 0.6) is 0 Å². The lowest BCUT2D eigenvalue weighted by molar-refractivity contribution is 0.0385. The van der Waals surface area contributed by atoms with E-state index < -0.39 is 0 Å². The number of nitrogens with one attached hydrogen (secondary N) is 1. The Labute approximate surface area is 221 Å². The number of halogens is 1. The molecule has 0 spiro atoms. The summed E-state index contributed by atoms with van der Waals surface area (Å²) in [6.45, 7) is 10.6. The number of H-pyrrole nitrogens is 1. The number of aromatic nitrogens is 5. The van der Waals surface area contributed by atoms with Gasteiger partial charge in [-0.3, -0.25) is 9.69 Å². The zero-order chi connectivity index (χ0) is 26.8. The third-order valence-electron chi connectivity index (χ3n) is 7.56. The van der Waals surface area contributed by atoms with Crippen LogP contribution in [0.2, 0.25) is 0 Å². The molecular formula is C29H35FN6O2. The summed E-state index contributed by atoms with van der Waals surface area (Å²) >= 11 is 0. The van der Waals surface area contributed by atoms with Crippen LogP contribution in [-0.4, -0.2) is 49.3 Å². The predicted octanol–water partition coefficient (Wildman–Crippen LogP) is 4.70. The summed E-state index contributed by atoms with van der Waals surface area (Å²) in [7, 11) is 0. The van der Waals surface area contributed by atoms with Gasteiger partial charge in [-0.25, -0.2) is 9.07 Å². The summed E-state index contributed by atoms with van der Waals surface area (Å²) < 4.78 is 21.3. The molecule has 5 rings (SSSR count). The molecular weight excluding hydrogens is 483 g/mol. The number of nitrogens with zero attached hydrogens (tertiary/aromatic N) is 5. The number of benzene rings is 2. The van der Waals surface area contributed by atoms with Crippen molar-refractivity contribution in [1.29, 1.82) is 0 Å². The van der Waals surface area contributed by atoms with E-state index in [0.717, 1.165) is 47.0 Å². The number of hydrogen-bond acceptors (Lipinski definition) is 6. The van der Waals surface area contributed by atoms with Crippen LogP contribution < -0.4 is 5.56 Å². The molecule has 0 aliphatic carbocycles. The summed E-state index contributed by atoms with van der Waals surface area (Å²) in [4.78, 5) is 18.7. The van der Waals surface area contributed by atoms with Gasteiger partial charge in [-0.15, -0.1) is 5.10 Å². The van der Waals surface area contributed by atoms with Gasteiger partial charge in [-0.05, 0) is 83.3 Å². The van der Waals surface area contributed by atoms with E-state index in [1.807, 2.05) is 19.9 Å². The molecule has 38 heavy (non-hydrogen) atoms. The number of tetrazole rings is 1. The number of pyridine rings is 1. The lowest BCUT2D eigenvalue weighted by Gasteiger charge is -2.35. The molecule has 9 heteroatoms. The van der Waals surface area contributed by atoms with Crippen LogP contribution in [0.3, 0.4) is 0 Å². The van der Waals surface area contributed by atoms with E-state index in [4.69, 9.17) is 4.74 Å². The third-order valence-corrected chi connectivity index (χ3v) is 7.56. The lowest BCUT2D eigenvalue weighted by Crippen LogP contribution is -2.40. The number of fused-ring (bicyclic) bond motifs is 1. The lowest BCUT2D eigenvalue weighted by atomic mass is 9.99. The largest absolute Gasteiger partial charge is 0.377 e. The van der Waals surface area contributed by atoms with E-state index in [2.05, 4.69) is 51.4 Å². The normalized spacial score (nSPS) is 16.7. The van der Waals surface area contributed by atoms with Crippen molar-refractivity contribution >= 4 is 10.9 Å². The Morgan fingerprint density at radius 2 is 1.97 bits per heavy atom. The van der Waals surface area contributed by atoms with E-state index in [9.17, 15) is 9.18 Å². The standard InChI is InChI=1S/C29H35FN6O2/c1-18(2)27(28-32-33-34-36(28)15-21-8-11-24(30)12-9-21)35(17-25-6-5-13-38-25)16-23-14-22-10-7-19(3)20(4)26(22)31-29(23)37/h7-12,14,18,25,27H,5-6,13,15-17H2,1-4H3,(H,31,37)/t25-,27+/m1/s1. The highest BCUT2D eigenvalue weighted by Gasteiger charge is 2.32. The summed E-state index contributed by atoms with van der Waals surface area (Å²) in [5.74, 6) is 0.587. The summed E-state index contributed by atoms with van der Waals surface area (Å²) in [6, 6.07) is 12.4. The molecule has 0 radical (unpaired) electrons. The Morgan fingerprint density at radius 1 is 1.18 bits per heavy atom. The minimum absolute atomic E-state index is 0.0853. The van der Waals surface area contributed by atoms with E-state index in [-0.39, 0.29) is 29.4 Å². The molecule has 0 bridgehead atoms. The van der Waals surface area contributed by atoms with Crippen molar-refractivity contribution in [2.75, 3.05) is 13.2 Å². The highest BCUT2D eigenvalue weighted by Crippen LogP contribution is 2.31. The van der Waals surface area contributed by atoms with Crippen molar-refractivity contribution in [1.82, 2.24) is 30.1 Å². The molecule has 4 aromatic rings. The van der Waals surface area contributed by atoms with Crippen molar-refractivity contribution < 1.29 is 9.13 Å². The first-order valence-corrected chi connectivity index (χ1v) is 13.3. The topological polar surface area (TPSA) is 88.9 Å². The van der Waals surface area contributed by atoms with Crippen LogP contribution in [0.1, 0.15) is 60.8 Å².